The molecule has 7 nitrogen and oxygen atoms in total. The highest BCUT2D eigenvalue weighted by Gasteiger charge is 2.17. The van der Waals surface area contributed by atoms with Crippen molar-refractivity contribution >= 4 is 11.6 Å². The molecule has 17 heavy (non-hydrogen) atoms. The first-order chi connectivity index (χ1) is 8.10. The van der Waals surface area contributed by atoms with Crippen LogP contribution in [0, 0.1) is 0 Å². The van der Waals surface area contributed by atoms with E-state index >= 15 is 0 Å². The Morgan fingerprint density at radius 1 is 1.53 bits per heavy atom. The van der Waals surface area contributed by atoms with Crippen LogP contribution < -0.4 is 21.4 Å². The van der Waals surface area contributed by atoms with Gasteiger partial charge >= 0.3 is 5.63 Å². The lowest BCUT2D eigenvalue weighted by Gasteiger charge is -2.11. The van der Waals surface area contributed by atoms with Crippen molar-refractivity contribution in [2.24, 2.45) is 5.73 Å². The summed E-state index contributed by atoms with van der Waals surface area (Å²) in [6, 6.07) is 1.18. The van der Waals surface area contributed by atoms with Crippen LogP contribution >= 0.6 is 0 Å². The van der Waals surface area contributed by atoms with E-state index in [4.69, 9.17) is 15.2 Å². The van der Waals surface area contributed by atoms with Crippen molar-refractivity contribution in [2.75, 3.05) is 32.7 Å². The van der Waals surface area contributed by atoms with Gasteiger partial charge in [0, 0.05) is 13.7 Å². The third kappa shape index (κ3) is 3.22. The number of methoxy groups -OCH3 is 2. The molecule has 0 atom stereocenters. The topological polar surface area (TPSA) is 104 Å². The molecule has 0 aromatic carbocycles. The van der Waals surface area contributed by atoms with Crippen LogP contribution in [-0.4, -0.2) is 33.3 Å². The van der Waals surface area contributed by atoms with Crippen molar-refractivity contribution in [1.82, 2.24) is 0 Å². The molecular formula is C10H14N2O5. The second-order valence-corrected chi connectivity index (χ2v) is 3.13. The van der Waals surface area contributed by atoms with E-state index in [0.29, 0.717) is 18.8 Å². The van der Waals surface area contributed by atoms with E-state index in [2.05, 4.69) is 9.73 Å². The van der Waals surface area contributed by atoms with Gasteiger partial charge < -0.3 is 24.9 Å². The minimum atomic E-state index is -0.866. The molecule has 0 spiro atoms. The van der Waals surface area contributed by atoms with Gasteiger partial charge in [-0.3, -0.25) is 4.79 Å². The molecule has 0 radical (unpaired) electrons. The normalized spacial score (nSPS) is 10.0. The molecule has 0 aliphatic heterocycles. The SMILES string of the molecule is COCCNc1cc(=O)oc(C(N)=O)c1OC. The number of ether oxygens (including phenoxy) is 2. The third-order valence-corrected chi connectivity index (χ3v) is 1.97. The van der Waals surface area contributed by atoms with Crippen LogP contribution in [0.25, 0.3) is 0 Å². The molecule has 0 saturated heterocycles. The van der Waals surface area contributed by atoms with Crippen molar-refractivity contribution in [1.29, 1.82) is 0 Å². The number of nitrogens with one attached hydrogen (secondary N) is 1. The van der Waals surface area contributed by atoms with Crippen molar-refractivity contribution in [3.8, 4) is 5.75 Å². The second kappa shape index (κ2) is 5.90. The fourth-order valence-corrected chi connectivity index (χ4v) is 1.27. The number of primary amides is 1. The lowest BCUT2D eigenvalue weighted by molar-refractivity contribution is 0.0964. The van der Waals surface area contributed by atoms with Gasteiger partial charge in [-0.05, 0) is 0 Å². The van der Waals surface area contributed by atoms with Gasteiger partial charge in [0.2, 0.25) is 5.76 Å². The number of nitrogens with two attached hydrogens (primary N) is 1. The van der Waals surface area contributed by atoms with E-state index < -0.39 is 11.5 Å². The molecule has 1 rings (SSSR count). The molecule has 3 N–H and O–H groups in total. The summed E-state index contributed by atoms with van der Waals surface area (Å²) in [5.41, 5.74) is 4.74. The van der Waals surface area contributed by atoms with Gasteiger partial charge in [-0.1, -0.05) is 0 Å². The van der Waals surface area contributed by atoms with Crippen LogP contribution in [-0.2, 0) is 4.74 Å². The molecule has 0 bridgehead atoms. The average molecular weight is 242 g/mol. The average Bonchev–Trinajstić information content (AvgIpc) is 2.28. The highest BCUT2D eigenvalue weighted by molar-refractivity contribution is 5.94. The zero-order chi connectivity index (χ0) is 12.8. The third-order valence-electron chi connectivity index (χ3n) is 1.97. The summed E-state index contributed by atoms with van der Waals surface area (Å²) in [6.45, 7) is 0.893. The molecule has 0 aliphatic carbocycles. The predicted molar refractivity (Wildman–Crippen MR) is 60.4 cm³/mol. The standard InChI is InChI=1S/C10H14N2O5/c1-15-4-3-12-6-5-7(13)17-9(10(11)14)8(6)16-2/h5,12H,3-4H2,1-2H3,(H2,11,14). The summed E-state index contributed by atoms with van der Waals surface area (Å²) in [7, 11) is 2.90. The number of carbonyl (C=O) groups excluding carboxylic acids is 1. The molecule has 1 aromatic rings. The van der Waals surface area contributed by atoms with Gasteiger partial charge in [-0.15, -0.1) is 0 Å². The van der Waals surface area contributed by atoms with E-state index in [0.717, 1.165) is 0 Å². The molecule has 1 aromatic heterocycles. The van der Waals surface area contributed by atoms with Crippen LogP contribution in [0.15, 0.2) is 15.3 Å². The number of hydrogen-bond acceptors (Lipinski definition) is 6. The van der Waals surface area contributed by atoms with Gasteiger partial charge in [0.25, 0.3) is 5.91 Å². The minimum Gasteiger partial charge on any atom is -0.491 e. The van der Waals surface area contributed by atoms with Crippen molar-refractivity contribution in [3.63, 3.8) is 0 Å². The van der Waals surface area contributed by atoms with Gasteiger partial charge in [0.15, 0.2) is 5.75 Å². The van der Waals surface area contributed by atoms with Gasteiger partial charge in [0.05, 0.1) is 25.5 Å². The number of amides is 1. The number of rotatable bonds is 6. The van der Waals surface area contributed by atoms with E-state index in [-0.39, 0.29) is 11.5 Å². The Bertz CT molecular complexity index is 454. The summed E-state index contributed by atoms with van der Waals surface area (Å²) in [5, 5.41) is 2.88. The monoisotopic (exact) mass is 242 g/mol. The Balaban J connectivity index is 3.10. The number of carbonyl (C=O) groups is 1. The first kappa shape index (κ1) is 13.0. The zero-order valence-corrected chi connectivity index (χ0v) is 9.61. The molecular weight excluding hydrogens is 228 g/mol. The van der Waals surface area contributed by atoms with E-state index in [9.17, 15) is 9.59 Å². The van der Waals surface area contributed by atoms with Crippen molar-refractivity contribution in [3.05, 3.63) is 22.2 Å². The molecule has 1 heterocycles. The lowest BCUT2D eigenvalue weighted by Crippen LogP contribution is -2.18. The Kier molecular flexibility index (Phi) is 4.53. The van der Waals surface area contributed by atoms with E-state index in [1.54, 1.807) is 7.11 Å². The minimum absolute atomic E-state index is 0.105. The maximum atomic E-state index is 11.2. The Morgan fingerprint density at radius 2 is 2.24 bits per heavy atom. The van der Waals surface area contributed by atoms with E-state index in [1.807, 2.05) is 0 Å². The molecule has 0 saturated carbocycles. The fourth-order valence-electron chi connectivity index (χ4n) is 1.27. The van der Waals surface area contributed by atoms with Crippen molar-refractivity contribution < 1.29 is 18.7 Å². The Labute approximate surface area is 97.5 Å². The Morgan fingerprint density at radius 3 is 2.76 bits per heavy atom. The molecule has 0 unspecified atom stereocenters. The quantitative estimate of drug-likeness (QED) is 0.670. The molecule has 94 valence electrons. The smallest absolute Gasteiger partial charge is 0.338 e. The summed E-state index contributed by atoms with van der Waals surface area (Å²) >= 11 is 0. The fraction of sp³-hybridized carbons (Fsp3) is 0.400. The number of hydrogen-bond donors (Lipinski definition) is 2. The number of anilines is 1. The first-order valence-electron chi connectivity index (χ1n) is 4.85. The van der Waals surface area contributed by atoms with Crippen LogP contribution in [0.1, 0.15) is 10.6 Å². The highest BCUT2D eigenvalue weighted by Crippen LogP contribution is 2.26. The first-order valence-corrected chi connectivity index (χ1v) is 4.85. The second-order valence-electron chi connectivity index (χ2n) is 3.13. The lowest BCUT2D eigenvalue weighted by atomic mass is 10.3. The molecule has 7 heteroatoms. The van der Waals surface area contributed by atoms with Crippen LogP contribution in [0.2, 0.25) is 0 Å². The van der Waals surface area contributed by atoms with E-state index in [1.165, 1.54) is 13.2 Å². The van der Waals surface area contributed by atoms with Gasteiger partial charge in [-0.25, -0.2) is 4.79 Å². The summed E-state index contributed by atoms with van der Waals surface area (Å²) in [4.78, 5) is 22.3. The predicted octanol–water partition coefficient (Wildman–Crippen LogP) is -0.194. The zero-order valence-electron chi connectivity index (χ0n) is 9.61. The van der Waals surface area contributed by atoms with Crippen molar-refractivity contribution in [2.45, 2.75) is 0 Å². The highest BCUT2D eigenvalue weighted by atomic mass is 16.5. The van der Waals surface area contributed by atoms with Gasteiger partial charge in [0.1, 0.15) is 0 Å². The Hall–Kier alpha value is -2.02. The molecule has 0 fully saturated rings. The largest absolute Gasteiger partial charge is 0.491 e. The summed E-state index contributed by atoms with van der Waals surface area (Å²) in [5.74, 6) is -1.07. The van der Waals surface area contributed by atoms with Crippen LogP contribution in [0.3, 0.4) is 0 Å². The van der Waals surface area contributed by atoms with Crippen LogP contribution in [0.4, 0.5) is 5.69 Å². The molecule has 1 amide bonds. The summed E-state index contributed by atoms with van der Waals surface area (Å²) in [6.07, 6.45) is 0. The maximum Gasteiger partial charge on any atom is 0.338 e. The van der Waals surface area contributed by atoms with Gasteiger partial charge in [-0.2, -0.15) is 0 Å². The van der Waals surface area contributed by atoms with Crippen LogP contribution in [0.5, 0.6) is 5.75 Å². The molecule has 0 aliphatic rings. The maximum absolute atomic E-state index is 11.2. The summed E-state index contributed by atoms with van der Waals surface area (Å²) < 4.78 is 14.5.